The second-order valence-electron chi connectivity index (χ2n) is 8.32. The number of nitrogens with one attached hydrogen (secondary N) is 1. The fourth-order valence-electron chi connectivity index (χ4n) is 3.80. The van der Waals surface area contributed by atoms with Gasteiger partial charge in [0, 0.05) is 42.8 Å². The molecule has 9 heteroatoms. The van der Waals surface area contributed by atoms with E-state index in [0.29, 0.717) is 36.1 Å². The summed E-state index contributed by atoms with van der Waals surface area (Å²) in [6.07, 6.45) is 5.50. The Labute approximate surface area is 185 Å². The van der Waals surface area contributed by atoms with Gasteiger partial charge in [0.25, 0.3) is 5.91 Å². The normalized spacial score (nSPS) is 16.7. The number of para-hydroxylation sites is 1. The number of amides is 1. The maximum atomic E-state index is 14.7. The number of nitrogens with two attached hydrogens (primary N) is 1. The van der Waals surface area contributed by atoms with Gasteiger partial charge in [-0.15, -0.1) is 11.3 Å². The number of rotatable bonds is 6. The first-order valence-electron chi connectivity index (χ1n) is 10.5. The highest BCUT2D eigenvalue weighted by atomic mass is 32.1. The van der Waals surface area contributed by atoms with Crippen molar-refractivity contribution in [1.29, 1.82) is 0 Å². The van der Waals surface area contributed by atoms with Gasteiger partial charge in [-0.3, -0.25) is 9.48 Å². The molecule has 0 spiro atoms. The van der Waals surface area contributed by atoms with Gasteiger partial charge in [0.1, 0.15) is 16.5 Å². The van der Waals surface area contributed by atoms with E-state index < -0.39 is 0 Å². The molecule has 164 valence electrons. The topological polar surface area (TPSA) is 89.1 Å². The molecule has 1 aromatic carbocycles. The SMILES string of the molecule is CC(C)Cn1cc(-c2nc(C(=O)Nc3cccc(F)c3N3CCC[C@@H](N)C3)cs2)cn1. The van der Waals surface area contributed by atoms with Gasteiger partial charge < -0.3 is 16.0 Å². The third-order valence-electron chi connectivity index (χ3n) is 5.18. The van der Waals surface area contributed by atoms with Gasteiger partial charge in [0.15, 0.2) is 0 Å². The van der Waals surface area contributed by atoms with Crippen LogP contribution in [0.3, 0.4) is 0 Å². The first-order chi connectivity index (χ1) is 14.9. The average Bonchev–Trinajstić information content (AvgIpc) is 3.37. The minimum atomic E-state index is -0.372. The maximum absolute atomic E-state index is 14.7. The Kier molecular flexibility index (Phi) is 6.33. The minimum absolute atomic E-state index is 0.00498. The molecule has 3 aromatic rings. The van der Waals surface area contributed by atoms with Gasteiger partial charge in [-0.25, -0.2) is 9.37 Å². The molecule has 3 N–H and O–H groups in total. The molecule has 0 unspecified atom stereocenters. The number of nitrogens with zero attached hydrogens (tertiary/aromatic N) is 4. The van der Waals surface area contributed by atoms with Gasteiger partial charge in [-0.2, -0.15) is 5.10 Å². The number of carbonyl (C=O) groups excluding carboxylic acids is 1. The van der Waals surface area contributed by atoms with Gasteiger partial charge in [-0.1, -0.05) is 19.9 Å². The van der Waals surface area contributed by atoms with E-state index in [1.54, 1.807) is 23.7 Å². The number of anilines is 2. The lowest BCUT2D eigenvalue weighted by atomic mass is 10.1. The molecule has 0 radical (unpaired) electrons. The van der Waals surface area contributed by atoms with Gasteiger partial charge in [0.2, 0.25) is 0 Å². The van der Waals surface area contributed by atoms with Crippen molar-refractivity contribution >= 4 is 28.6 Å². The summed E-state index contributed by atoms with van der Waals surface area (Å²) in [7, 11) is 0. The highest BCUT2D eigenvalue weighted by Crippen LogP contribution is 2.32. The van der Waals surface area contributed by atoms with E-state index in [0.717, 1.165) is 30.0 Å². The third-order valence-corrected chi connectivity index (χ3v) is 6.07. The van der Waals surface area contributed by atoms with Crippen LogP contribution in [0.2, 0.25) is 0 Å². The van der Waals surface area contributed by atoms with Crippen molar-refractivity contribution < 1.29 is 9.18 Å². The fourth-order valence-corrected chi connectivity index (χ4v) is 4.57. The van der Waals surface area contributed by atoms with Crippen molar-refractivity contribution in [2.75, 3.05) is 23.3 Å². The number of piperidine rings is 1. The zero-order chi connectivity index (χ0) is 22.0. The van der Waals surface area contributed by atoms with Crippen LogP contribution < -0.4 is 16.0 Å². The molecule has 1 aliphatic rings. The molecule has 3 heterocycles. The van der Waals surface area contributed by atoms with Crippen molar-refractivity contribution in [2.45, 2.75) is 39.3 Å². The van der Waals surface area contributed by atoms with Crippen LogP contribution in [0.25, 0.3) is 10.6 Å². The quantitative estimate of drug-likeness (QED) is 0.603. The number of hydrogen-bond acceptors (Lipinski definition) is 6. The summed E-state index contributed by atoms with van der Waals surface area (Å²) in [5.74, 6) is -0.256. The average molecular weight is 443 g/mol. The largest absolute Gasteiger partial charge is 0.366 e. The first kappa shape index (κ1) is 21.5. The van der Waals surface area contributed by atoms with Crippen LogP contribution in [0.5, 0.6) is 0 Å². The van der Waals surface area contributed by atoms with Crippen molar-refractivity contribution in [3.63, 3.8) is 0 Å². The summed E-state index contributed by atoms with van der Waals surface area (Å²) < 4.78 is 16.6. The Balaban J connectivity index is 1.52. The van der Waals surface area contributed by atoms with Crippen LogP contribution in [0.15, 0.2) is 36.0 Å². The molecule has 0 bridgehead atoms. The summed E-state index contributed by atoms with van der Waals surface area (Å²) in [5.41, 5.74) is 8.06. The molecular weight excluding hydrogens is 415 g/mol. The van der Waals surface area contributed by atoms with Crippen LogP contribution in [-0.4, -0.2) is 39.8 Å². The summed E-state index contributed by atoms with van der Waals surface area (Å²) in [6.45, 7) is 6.35. The summed E-state index contributed by atoms with van der Waals surface area (Å²) in [6, 6.07) is 4.70. The molecule has 1 amide bonds. The predicted molar refractivity (Wildman–Crippen MR) is 122 cm³/mol. The Morgan fingerprint density at radius 1 is 1.42 bits per heavy atom. The van der Waals surface area contributed by atoms with E-state index in [9.17, 15) is 9.18 Å². The number of halogens is 1. The first-order valence-corrected chi connectivity index (χ1v) is 11.4. The molecule has 31 heavy (non-hydrogen) atoms. The molecule has 7 nitrogen and oxygen atoms in total. The van der Waals surface area contributed by atoms with Crippen molar-refractivity contribution in [3.05, 3.63) is 47.5 Å². The van der Waals surface area contributed by atoms with Crippen molar-refractivity contribution in [3.8, 4) is 10.6 Å². The Bertz CT molecular complexity index is 1060. The summed E-state index contributed by atoms with van der Waals surface area (Å²) >= 11 is 1.38. The van der Waals surface area contributed by atoms with Crippen LogP contribution in [0.1, 0.15) is 37.2 Å². The highest BCUT2D eigenvalue weighted by Gasteiger charge is 2.23. The molecule has 2 aromatic heterocycles. The lowest BCUT2D eigenvalue weighted by molar-refractivity contribution is 0.102. The molecule has 1 saturated heterocycles. The Morgan fingerprint density at radius 3 is 3.03 bits per heavy atom. The number of aromatic nitrogens is 3. The summed E-state index contributed by atoms with van der Waals surface area (Å²) in [5, 5.41) is 9.63. The standard InChI is InChI=1S/C22H27FN6OS/c1-14(2)10-29-11-15(9-25-29)22-27-19(13-31-22)21(30)26-18-7-3-6-17(23)20(18)28-8-4-5-16(24)12-28/h3,6-7,9,11,13-14,16H,4-5,8,10,12,24H2,1-2H3,(H,26,30)/t16-/m1/s1. The van der Waals surface area contributed by atoms with E-state index in [-0.39, 0.29) is 17.8 Å². The highest BCUT2D eigenvalue weighted by molar-refractivity contribution is 7.13. The maximum Gasteiger partial charge on any atom is 0.275 e. The second kappa shape index (κ2) is 9.15. The van der Waals surface area contributed by atoms with Crippen molar-refractivity contribution in [2.24, 2.45) is 11.7 Å². The van der Waals surface area contributed by atoms with E-state index in [2.05, 4.69) is 29.2 Å². The number of carbonyl (C=O) groups is 1. The molecule has 0 aliphatic carbocycles. The zero-order valence-electron chi connectivity index (χ0n) is 17.7. The molecular formula is C22H27FN6OS. The lowest BCUT2D eigenvalue weighted by Crippen LogP contribution is -2.43. The van der Waals surface area contributed by atoms with Gasteiger partial charge in [0.05, 0.1) is 17.6 Å². The number of hydrogen-bond donors (Lipinski definition) is 2. The van der Waals surface area contributed by atoms with Crippen LogP contribution in [0.4, 0.5) is 15.8 Å². The molecule has 1 aliphatic heterocycles. The Morgan fingerprint density at radius 2 is 2.26 bits per heavy atom. The number of thiazole rings is 1. The minimum Gasteiger partial charge on any atom is -0.366 e. The zero-order valence-corrected chi connectivity index (χ0v) is 18.5. The smallest absolute Gasteiger partial charge is 0.275 e. The third kappa shape index (κ3) is 4.94. The van der Waals surface area contributed by atoms with Gasteiger partial charge in [-0.05, 0) is 30.9 Å². The molecule has 1 atom stereocenters. The lowest BCUT2D eigenvalue weighted by Gasteiger charge is -2.34. The predicted octanol–water partition coefficient (Wildman–Crippen LogP) is 3.98. The fraction of sp³-hybridized carbons (Fsp3) is 0.409. The second-order valence-corrected chi connectivity index (χ2v) is 9.18. The van der Waals surface area contributed by atoms with E-state index >= 15 is 0 Å². The molecule has 4 rings (SSSR count). The molecule has 0 saturated carbocycles. The number of benzene rings is 1. The van der Waals surface area contributed by atoms with Crippen LogP contribution in [0, 0.1) is 11.7 Å². The Hall–Kier alpha value is -2.78. The monoisotopic (exact) mass is 442 g/mol. The van der Waals surface area contributed by atoms with Crippen LogP contribution in [-0.2, 0) is 6.54 Å². The van der Waals surface area contributed by atoms with Crippen molar-refractivity contribution in [1.82, 2.24) is 14.8 Å². The summed E-state index contributed by atoms with van der Waals surface area (Å²) in [4.78, 5) is 19.2. The van der Waals surface area contributed by atoms with E-state index in [1.165, 1.54) is 17.4 Å². The van der Waals surface area contributed by atoms with Gasteiger partial charge >= 0.3 is 0 Å². The van der Waals surface area contributed by atoms with Crippen LogP contribution >= 0.6 is 11.3 Å². The van der Waals surface area contributed by atoms with E-state index in [4.69, 9.17) is 5.73 Å². The molecule has 1 fully saturated rings. The van der Waals surface area contributed by atoms with E-state index in [1.807, 2.05) is 15.8 Å².